The first kappa shape index (κ1) is 13.6. The van der Waals surface area contributed by atoms with Crippen LogP contribution in [-0.2, 0) is 4.79 Å². The first-order valence-corrected chi connectivity index (χ1v) is 5.27. The lowest BCUT2D eigenvalue weighted by atomic mass is 9.98. The highest BCUT2D eigenvalue weighted by molar-refractivity contribution is 6.32. The van der Waals surface area contributed by atoms with Gasteiger partial charge in [-0.3, -0.25) is 4.79 Å². The maximum absolute atomic E-state index is 11.1. The Balaban J connectivity index is 3.37. The molecule has 0 bridgehead atoms. The molecule has 0 radical (unpaired) electrons. The number of benzene rings is 1. The van der Waals surface area contributed by atoms with Crippen molar-refractivity contribution >= 4 is 17.6 Å². The second kappa shape index (κ2) is 5.75. The highest BCUT2D eigenvalue weighted by Crippen LogP contribution is 2.40. The maximum atomic E-state index is 11.1. The summed E-state index contributed by atoms with van der Waals surface area (Å²) < 4.78 is 10.2. The molecule has 1 unspecified atom stereocenters. The predicted octanol–water partition coefficient (Wildman–Crippen LogP) is 1.48. The lowest BCUT2D eigenvalue weighted by Gasteiger charge is -2.17. The largest absolute Gasteiger partial charge is 0.492 e. The van der Waals surface area contributed by atoms with E-state index in [1.54, 1.807) is 12.1 Å². The zero-order valence-electron chi connectivity index (χ0n) is 9.57. The van der Waals surface area contributed by atoms with Gasteiger partial charge in [-0.15, -0.1) is 0 Å². The Labute approximate surface area is 104 Å². The number of carbonyl (C=O) groups is 1. The molecule has 1 aromatic carbocycles. The Kier molecular flexibility index (Phi) is 4.60. The molecule has 94 valence electrons. The van der Waals surface area contributed by atoms with E-state index in [1.165, 1.54) is 14.2 Å². The Hall–Kier alpha value is -1.46. The summed E-state index contributed by atoms with van der Waals surface area (Å²) in [5.41, 5.74) is 5.90. The number of hydrogen-bond acceptors (Lipinski definition) is 4. The third-order valence-corrected chi connectivity index (χ3v) is 2.71. The van der Waals surface area contributed by atoms with Crippen molar-refractivity contribution < 1.29 is 19.4 Å². The summed E-state index contributed by atoms with van der Waals surface area (Å²) in [4.78, 5) is 11.1. The average Bonchev–Trinajstić information content (AvgIpc) is 2.30. The van der Waals surface area contributed by atoms with Crippen LogP contribution in [-0.4, -0.2) is 31.8 Å². The fraction of sp³-hybridized carbons (Fsp3) is 0.364. The molecule has 1 atom stereocenters. The monoisotopic (exact) mass is 259 g/mol. The molecule has 0 saturated heterocycles. The van der Waals surface area contributed by atoms with Crippen LogP contribution < -0.4 is 15.2 Å². The van der Waals surface area contributed by atoms with Crippen LogP contribution >= 0.6 is 11.6 Å². The minimum Gasteiger partial charge on any atom is -0.492 e. The Bertz CT molecular complexity index is 422. The van der Waals surface area contributed by atoms with Crippen molar-refractivity contribution in [3.63, 3.8) is 0 Å². The highest BCUT2D eigenvalue weighted by Gasteiger charge is 2.25. The van der Waals surface area contributed by atoms with E-state index in [0.29, 0.717) is 22.1 Å². The number of nitrogens with two attached hydrogens (primary N) is 1. The highest BCUT2D eigenvalue weighted by atomic mass is 35.5. The molecule has 3 N–H and O–H groups in total. The molecule has 0 amide bonds. The number of rotatable bonds is 5. The quantitative estimate of drug-likeness (QED) is 0.837. The van der Waals surface area contributed by atoms with Crippen LogP contribution in [0.5, 0.6) is 11.5 Å². The van der Waals surface area contributed by atoms with Gasteiger partial charge in [-0.25, -0.2) is 0 Å². The number of halogens is 1. The van der Waals surface area contributed by atoms with Crippen molar-refractivity contribution in [2.24, 2.45) is 5.73 Å². The first-order chi connectivity index (χ1) is 8.06. The van der Waals surface area contributed by atoms with Crippen molar-refractivity contribution in [3.8, 4) is 11.5 Å². The number of carboxylic acid groups (broad SMARTS) is 1. The topological polar surface area (TPSA) is 81.8 Å². The second-order valence-electron chi connectivity index (χ2n) is 3.33. The van der Waals surface area contributed by atoms with Crippen LogP contribution in [0.2, 0.25) is 5.02 Å². The van der Waals surface area contributed by atoms with Crippen molar-refractivity contribution in [1.29, 1.82) is 0 Å². The van der Waals surface area contributed by atoms with Crippen LogP contribution in [0.25, 0.3) is 0 Å². The van der Waals surface area contributed by atoms with E-state index < -0.39 is 11.9 Å². The molecular weight excluding hydrogens is 246 g/mol. The molecule has 0 saturated carbocycles. The van der Waals surface area contributed by atoms with Crippen LogP contribution in [0, 0.1) is 0 Å². The van der Waals surface area contributed by atoms with Crippen molar-refractivity contribution in [3.05, 3.63) is 22.7 Å². The molecule has 0 aliphatic rings. The average molecular weight is 260 g/mol. The third kappa shape index (κ3) is 2.62. The Morgan fingerprint density at radius 2 is 2.00 bits per heavy atom. The van der Waals surface area contributed by atoms with E-state index in [9.17, 15) is 4.79 Å². The zero-order valence-corrected chi connectivity index (χ0v) is 10.3. The van der Waals surface area contributed by atoms with Gasteiger partial charge in [0.05, 0.1) is 25.2 Å². The van der Waals surface area contributed by atoms with Gasteiger partial charge in [0, 0.05) is 12.1 Å². The van der Waals surface area contributed by atoms with Gasteiger partial charge in [0.25, 0.3) is 0 Å². The smallest absolute Gasteiger partial charge is 0.312 e. The van der Waals surface area contributed by atoms with Crippen molar-refractivity contribution in [2.75, 3.05) is 20.8 Å². The molecule has 1 aromatic rings. The zero-order chi connectivity index (χ0) is 13.0. The standard InChI is InChI=1S/C11H14ClNO4/c1-16-9-6(7(5-13)11(14)15)3-4-8(12)10(9)17-2/h3-4,7H,5,13H2,1-2H3,(H,14,15). The molecule has 0 aliphatic carbocycles. The minimum atomic E-state index is -1.02. The molecule has 0 spiro atoms. The molecule has 0 aromatic heterocycles. The fourth-order valence-corrected chi connectivity index (χ4v) is 1.82. The summed E-state index contributed by atoms with van der Waals surface area (Å²) in [6.07, 6.45) is 0. The van der Waals surface area contributed by atoms with Gasteiger partial charge in [0.15, 0.2) is 11.5 Å². The van der Waals surface area contributed by atoms with Gasteiger partial charge in [0.2, 0.25) is 0 Å². The lowest BCUT2D eigenvalue weighted by molar-refractivity contribution is -0.138. The minimum absolute atomic E-state index is 0.0313. The van der Waals surface area contributed by atoms with E-state index in [-0.39, 0.29) is 6.54 Å². The van der Waals surface area contributed by atoms with Gasteiger partial charge < -0.3 is 20.3 Å². The molecule has 1 rings (SSSR count). The van der Waals surface area contributed by atoms with Crippen molar-refractivity contribution in [2.45, 2.75) is 5.92 Å². The number of carboxylic acids is 1. The van der Waals surface area contributed by atoms with E-state index in [2.05, 4.69) is 0 Å². The van der Waals surface area contributed by atoms with Crippen LogP contribution in [0.4, 0.5) is 0 Å². The summed E-state index contributed by atoms with van der Waals surface area (Å²) in [5.74, 6) is -1.25. The van der Waals surface area contributed by atoms with Crippen LogP contribution in [0.15, 0.2) is 12.1 Å². The summed E-state index contributed by atoms with van der Waals surface area (Å²) in [5, 5.41) is 9.43. The van der Waals surface area contributed by atoms with Gasteiger partial charge in [-0.1, -0.05) is 17.7 Å². The molecule has 5 nitrogen and oxygen atoms in total. The predicted molar refractivity (Wildman–Crippen MR) is 64.0 cm³/mol. The van der Waals surface area contributed by atoms with E-state index in [4.69, 9.17) is 31.9 Å². The summed E-state index contributed by atoms with van der Waals surface area (Å²) >= 11 is 5.92. The third-order valence-electron chi connectivity index (χ3n) is 2.41. The van der Waals surface area contributed by atoms with E-state index >= 15 is 0 Å². The van der Waals surface area contributed by atoms with Gasteiger partial charge in [0.1, 0.15) is 0 Å². The normalized spacial score (nSPS) is 12.0. The Morgan fingerprint density at radius 1 is 1.41 bits per heavy atom. The molecule has 17 heavy (non-hydrogen) atoms. The van der Waals surface area contributed by atoms with Crippen LogP contribution in [0.3, 0.4) is 0 Å². The van der Waals surface area contributed by atoms with Gasteiger partial charge in [-0.05, 0) is 6.07 Å². The molecular formula is C11H14ClNO4. The number of ether oxygens (including phenoxy) is 2. The van der Waals surface area contributed by atoms with Gasteiger partial charge in [-0.2, -0.15) is 0 Å². The summed E-state index contributed by atoms with van der Waals surface area (Å²) in [7, 11) is 2.86. The number of hydrogen-bond donors (Lipinski definition) is 2. The Morgan fingerprint density at radius 3 is 2.41 bits per heavy atom. The summed E-state index contributed by atoms with van der Waals surface area (Å²) in [6.45, 7) is -0.0313. The van der Waals surface area contributed by atoms with E-state index in [0.717, 1.165) is 0 Å². The van der Waals surface area contributed by atoms with Gasteiger partial charge >= 0.3 is 5.97 Å². The number of aliphatic carboxylic acids is 1. The fourth-order valence-electron chi connectivity index (χ4n) is 1.59. The van der Waals surface area contributed by atoms with E-state index in [1.807, 2.05) is 0 Å². The molecule has 0 aliphatic heterocycles. The van der Waals surface area contributed by atoms with Crippen molar-refractivity contribution in [1.82, 2.24) is 0 Å². The molecule has 6 heteroatoms. The molecule has 0 heterocycles. The second-order valence-corrected chi connectivity index (χ2v) is 3.74. The SMILES string of the molecule is COc1c(Cl)ccc(C(CN)C(=O)O)c1OC. The van der Waals surface area contributed by atoms with Crippen LogP contribution in [0.1, 0.15) is 11.5 Å². The number of methoxy groups -OCH3 is 2. The summed E-state index contributed by atoms with van der Waals surface area (Å²) in [6, 6.07) is 3.14. The molecule has 0 fully saturated rings. The first-order valence-electron chi connectivity index (χ1n) is 4.90. The maximum Gasteiger partial charge on any atom is 0.312 e. The lowest BCUT2D eigenvalue weighted by Crippen LogP contribution is -2.21.